The quantitative estimate of drug-likeness (QED) is 0.841. The molecule has 2 N–H and O–H groups in total. The van der Waals surface area contributed by atoms with Gasteiger partial charge in [-0.2, -0.15) is 0 Å². The minimum atomic E-state index is 0.258. The van der Waals surface area contributed by atoms with Crippen LogP contribution >= 0.6 is 0 Å². The fourth-order valence-corrected chi connectivity index (χ4v) is 2.41. The summed E-state index contributed by atoms with van der Waals surface area (Å²) in [4.78, 5) is 0. The fraction of sp³-hybridized carbons (Fsp3) is 0.529. The van der Waals surface area contributed by atoms with E-state index < -0.39 is 0 Å². The number of hydrogen-bond acceptors (Lipinski definition) is 2. The Morgan fingerprint density at radius 2 is 2.05 bits per heavy atom. The molecule has 0 radical (unpaired) electrons. The molecule has 0 amide bonds. The van der Waals surface area contributed by atoms with E-state index in [1.165, 1.54) is 16.5 Å². The van der Waals surface area contributed by atoms with Crippen LogP contribution in [0.1, 0.15) is 32.8 Å². The zero-order valence-electron chi connectivity index (χ0n) is 12.8. The van der Waals surface area contributed by atoms with Gasteiger partial charge in [-0.1, -0.05) is 13.0 Å². The number of nitrogens with zero attached hydrogens (tertiary/aromatic N) is 1. The molecule has 1 unspecified atom stereocenters. The van der Waals surface area contributed by atoms with E-state index in [0.29, 0.717) is 6.10 Å². The lowest BCUT2D eigenvalue weighted by Crippen LogP contribution is -2.21. The average Bonchev–Trinajstić information content (AvgIpc) is 2.81. The van der Waals surface area contributed by atoms with Crippen molar-refractivity contribution in [3.05, 3.63) is 36.0 Å². The highest BCUT2D eigenvalue weighted by molar-refractivity contribution is 5.80. The molecule has 20 heavy (non-hydrogen) atoms. The lowest BCUT2D eigenvalue weighted by molar-refractivity contribution is 0.0733. The molecule has 110 valence electrons. The maximum absolute atomic E-state index is 6.03. The molecule has 0 aliphatic rings. The van der Waals surface area contributed by atoms with Crippen LogP contribution in [0.15, 0.2) is 30.5 Å². The summed E-state index contributed by atoms with van der Waals surface area (Å²) in [5, 5.41) is 1.29. The molecule has 3 heteroatoms. The Kier molecular flexibility index (Phi) is 5.21. The van der Waals surface area contributed by atoms with Crippen LogP contribution in [0.2, 0.25) is 0 Å². The molecule has 0 saturated carbocycles. The predicted molar refractivity (Wildman–Crippen MR) is 85.0 cm³/mol. The van der Waals surface area contributed by atoms with E-state index in [1.807, 2.05) is 0 Å². The summed E-state index contributed by atoms with van der Waals surface area (Å²) < 4.78 is 7.87. The number of aromatic nitrogens is 1. The number of ether oxygens (including phenoxy) is 1. The second-order valence-electron chi connectivity index (χ2n) is 5.69. The first-order valence-electron chi connectivity index (χ1n) is 7.55. The maximum atomic E-state index is 6.03. The van der Waals surface area contributed by atoms with E-state index in [0.717, 1.165) is 26.0 Å². The molecule has 1 aromatic carbocycles. The van der Waals surface area contributed by atoms with E-state index in [2.05, 4.69) is 55.8 Å². The molecule has 1 atom stereocenters. The Morgan fingerprint density at radius 1 is 1.25 bits per heavy atom. The van der Waals surface area contributed by atoms with Gasteiger partial charge in [-0.25, -0.2) is 0 Å². The maximum Gasteiger partial charge on any atom is 0.0649 e. The van der Waals surface area contributed by atoms with Crippen LogP contribution in [0, 0.1) is 0 Å². The van der Waals surface area contributed by atoms with Crippen LogP contribution in [-0.2, 0) is 17.7 Å². The third-order valence-corrected chi connectivity index (χ3v) is 3.64. The minimum Gasteiger partial charge on any atom is -0.377 e. The van der Waals surface area contributed by atoms with Crippen LogP contribution in [0.4, 0.5) is 0 Å². The highest BCUT2D eigenvalue weighted by Crippen LogP contribution is 2.19. The van der Waals surface area contributed by atoms with Gasteiger partial charge in [-0.3, -0.25) is 0 Å². The third kappa shape index (κ3) is 3.84. The van der Waals surface area contributed by atoms with E-state index in [1.54, 1.807) is 0 Å². The second-order valence-corrected chi connectivity index (χ2v) is 5.69. The zero-order chi connectivity index (χ0) is 14.5. The topological polar surface area (TPSA) is 40.2 Å². The van der Waals surface area contributed by atoms with Gasteiger partial charge < -0.3 is 15.0 Å². The molecule has 0 bridgehead atoms. The molecular weight excluding hydrogens is 248 g/mol. The summed E-state index contributed by atoms with van der Waals surface area (Å²) in [5.74, 6) is 0. The van der Waals surface area contributed by atoms with E-state index in [4.69, 9.17) is 10.5 Å². The van der Waals surface area contributed by atoms with Crippen LogP contribution < -0.4 is 5.73 Å². The number of benzene rings is 1. The lowest BCUT2D eigenvalue weighted by Gasteiger charge is -2.11. The van der Waals surface area contributed by atoms with Crippen LogP contribution in [0.5, 0.6) is 0 Å². The summed E-state index contributed by atoms with van der Waals surface area (Å²) in [6, 6.07) is 9.07. The van der Waals surface area contributed by atoms with Gasteiger partial charge in [-0.15, -0.1) is 0 Å². The van der Waals surface area contributed by atoms with Crippen molar-refractivity contribution in [3.63, 3.8) is 0 Å². The summed E-state index contributed by atoms with van der Waals surface area (Å²) in [6.45, 7) is 7.92. The van der Waals surface area contributed by atoms with Crippen molar-refractivity contribution in [1.29, 1.82) is 0 Å². The number of fused-ring (bicyclic) bond motifs is 1. The first kappa shape index (κ1) is 15.1. The summed E-state index contributed by atoms with van der Waals surface area (Å²) in [6.07, 6.45) is 4.40. The van der Waals surface area contributed by atoms with Crippen molar-refractivity contribution in [2.75, 3.05) is 6.61 Å². The highest BCUT2D eigenvalue weighted by atomic mass is 16.5. The Hall–Kier alpha value is -1.32. The van der Waals surface area contributed by atoms with Gasteiger partial charge in [-0.05, 0) is 55.8 Å². The molecule has 2 aromatic rings. The lowest BCUT2D eigenvalue weighted by atomic mass is 10.0. The molecule has 0 fully saturated rings. The number of nitrogens with two attached hydrogens (primary N) is 1. The van der Waals surface area contributed by atoms with Gasteiger partial charge in [0.15, 0.2) is 0 Å². The first-order chi connectivity index (χ1) is 9.60. The Balaban J connectivity index is 2.08. The molecule has 0 spiro atoms. The third-order valence-electron chi connectivity index (χ3n) is 3.64. The predicted octanol–water partition coefficient (Wildman–Crippen LogP) is 3.35. The zero-order valence-corrected chi connectivity index (χ0v) is 12.8. The number of hydrogen-bond donors (Lipinski definition) is 1. The van der Waals surface area contributed by atoms with E-state index in [9.17, 15) is 0 Å². The van der Waals surface area contributed by atoms with Gasteiger partial charge in [0.25, 0.3) is 0 Å². The number of rotatable bonds is 7. The van der Waals surface area contributed by atoms with Crippen molar-refractivity contribution in [3.8, 4) is 0 Å². The van der Waals surface area contributed by atoms with Gasteiger partial charge in [0, 0.05) is 24.3 Å². The second kappa shape index (κ2) is 6.91. The van der Waals surface area contributed by atoms with Crippen LogP contribution in [0.3, 0.4) is 0 Å². The van der Waals surface area contributed by atoms with E-state index >= 15 is 0 Å². The molecule has 1 aromatic heterocycles. The largest absolute Gasteiger partial charge is 0.377 e. The average molecular weight is 274 g/mol. The molecule has 2 rings (SSSR count). The summed E-state index contributed by atoms with van der Waals surface area (Å²) in [5.41, 5.74) is 8.62. The summed E-state index contributed by atoms with van der Waals surface area (Å²) in [7, 11) is 0. The van der Waals surface area contributed by atoms with Gasteiger partial charge >= 0.3 is 0 Å². The van der Waals surface area contributed by atoms with Gasteiger partial charge in [0.1, 0.15) is 0 Å². The minimum absolute atomic E-state index is 0.258. The van der Waals surface area contributed by atoms with Crippen molar-refractivity contribution in [1.82, 2.24) is 4.57 Å². The SMILES string of the molecule is CCC(N)Cc1ccc2c(ccn2CCOC(C)C)c1. The molecule has 1 heterocycles. The molecule has 0 aliphatic carbocycles. The van der Waals surface area contributed by atoms with Gasteiger partial charge in [0.05, 0.1) is 12.7 Å². The fourth-order valence-electron chi connectivity index (χ4n) is 2.41. The molecule has 0 saturated heterocycles. The summed E-state index contributed by atoms with van der Waals surface area (Å²) >= 11 is 0. The first-order valence-corrected chi connectivity index (χ1v) is 7.55. The molecular formula is C17H26N2O. The van der Waals surface area contributed by atoms with Gasteiger partial charge in [0.2, 0.25) is 0 Å². The normalized spacial score (nSPS) is 13.2. The molecule has 0 aliphatic heterocycles. The standard InChI is InChI=1S/C17H26N2O/c1-4-16(18)12-14-5-6-17-15(11-14)7-8-19(17)9-10-20-13(2)3/h5-8,11,13,16H,4,9-10,12,18H2,1-3H3. The highest BCUT2D eigenvalue weighted by Gasteiger charge is 2.05. The Labute approximate surface area is 121 Å². The van der Waals surface area contributed by atoms with Crippen molar-refractivity contribution >= 4 is 10.9 Å². The van der Waals surface area contributed by atoms with Crippen LogP contribution in [0.25, 0.3) is 10.9 Å². The van der Waals surface area contributed by atoms with Crippen molar-refractivity contribution in [2.45, 2.75) is 52.3 Å². The Morgan fingerprint density at radius 3 is 2.75 bits per heavy atom. The molecule has 3 nitrogen and oxygen atoms in total. The smallest absolute Gasteiger partial charge is 0.0649 e. The van der Waals surface area contributed by atoms with E-state index in [-0.39, 0.29) is 6.04 Å². The Bertz CT molecular complexity index is 545. The van der Waals surface area contributed by atoms with Crippen LogP contribution in [-0.4, -0.2) is 23.3 Å². The van der Waals surface area contributed by atoms with Crippen molar-refractivity contribution in [2.24, 2.45) is 5.73 Å². The van der Waals surface area contributed by atoms with Crippen molar-refractivity contribution < 1.29 is 4.74 Å². The monoisotopic (exact) mass is 274 g/mol.